The van der Waals surface area contributed by atoms with Gasteiger partial charge in [-0.25, -0.2) is 0 Å². The molecule has 0 saturated carbocycles. The standard InChI is InChI=1S/C12H18N2O/c1-9-3-4-11(7-12(9)13)14-5-6-15-10(2)8-14/h3-4,7,10H,5-6,8,13H2,1-2H3. The van der Waals surface area contributed by atoms with Gasteiger partial charge < -0.3 is 15.4 Å². The van der Waals surface area contributed by atoms with E-state index >= 15 is 0 Å². The molecule has 1 saturated heterocycles. The minimum atomic E-state index is 0.307. The van der Waals surface area contributed by atoms with E-state index in [-0.39, 0.29) is 0 Å². The fourth-order valence-electron chi connectivity index (χ4n) is 1.88. The molecule has 3 nitrogen and oxygen atoms in total. The van der Waals surface area contributed by atoms with E-state index in [1.165, 1.54) is 5.69 Å². The Balaban J connectivity index is 2.18. The first-order chi connectivity index (χ1) is 7.16. The van der Waals surface area contributed by atoms with Gasteiger partial charge in [0.25, 0.3) is 0 Å². The highest BCUT2D eigenvalue weighted by atomic mass is 16.5. The lowest BCUT2D eigenvalue weighted by Gasteiger charge is -2.33. The normalized spacial score (nSPS) is 21.7. The molecule has 1 unspecified atom stereocenters. The van der Waals surface area contributed by atoms with Gasteiger partial charge in [0.15, 0.2) is 0 Å². The van der Waals surface area contributed by atoms with Crippen LogP contribution in [0.25, 0.3) is 0 Å². The average Bonchev–Trinajstić information content (AvgIpc) is 2.22. The number of nitrogens with two attached hydrogens (primary N) is 1. The number of nitrogens with zero attached hydrogens (tertiary/aromatic N) is 1. The van der Waals surface area contributed by atoms with Crippen molar-refractivity contribution in [2.45, 2.75) is 20.0 Å². The lowest BCUT2D eigenvalue weighted by Crippen LogP contribution is -2.41. The molecule has 0 aliphatic carbocycles. The Bertz CT molecular complexity index is 351. The van der Waals surface area contributed by atoms with Crippen molar-refractivity contribution in [3.8, 4) is 0 Å². The molecule has 1 atom stereocenters. The summed E-state index contributed by atoms with van der Waals surface area (Å²) in [4.78, 5) is 2.32. The Morgan fingerprint density at radius 1 is 1.47 bits per heavy atom. The zero-order valence-corrected chi connectivity index (χ0v) is 9.36. The minimum Gasteiger partial charge on any atom is -0.398 e. The summed E-state index contributed by atoms with van der Waals surface area (Å²) in [6.07, 6.45) is 0.307. The zero-order valence-electron chi connectivity index (χ0n) is 9.36. The number of morpholine rings is 1. The van der Waals surface area contributed by atoms with Crippen molar-refractivity contribution in [2.75, 3.05) is 30.3 Å². The highest BCUT2D eigenvalue weighted by Crippen LogP contribution is 2.22. The van der Waals surface area contributed by atoms with Crippen molar-refractivity contribution in [3.63, 3.8) is 0 Å². The molecule has 1 aliphatic rings. The molecule has 3 heteroatoms. The third-order valence-corrected chi connectivity index (χ3v) is 2.87. The van der Waals surface area contributed by atoms with Crippen molar-refractivity contribution in [2.24, 2.45) is 0 Å². The van der Waals surface area contributed by atoms with E-state index in [9.17, 15) is 0 Å². The maximum absolute atomic E-state index is 5.90. The molecule has 1 aromatic rings. The largest absolute Gasteiger partial charge is 0.398 e. The van der Waals surface area contributed by atoms with Gasteiger partial charge in [0.1, 0.15) is 0 Å². The fourth-order valence-corrected chi connectivity index (χ4v) is 1.88. The van der Waals surface area contributed by atoms with Crippen molar-refractivity contribution < 1.29 is 4.74 Å². The first-order valence-corrected chi connectivity index (χ1v) is 5.39. The fraction of sp³-hybridized carbons (Fsp3) is 0.500. The Hall–Kier alpha value is -1.22. The van der Waals surface area contributed by atoms with Gasteiger partial charge in [-0.3, -0.25) is 0 Å². The van der Waals surface area contributed by atoms with Crippen LogP contribution in [-0.2, 0) is 4.74 Å². The van der Waals surface area contributed by atoms with Gasteiger partial charge in [-0.15, -0.1) is 0 Å². The molecule has 0 radical (unpaired) electrons. The number of anilines is 2. The number of ether oxygens (including phenoxy) is 1. The number of hydrogen-bond acceptors (Lipinski definition) is 3. The van der Waals surface area contributed by atoms with Gasteiger partial charge in [-0.05, 0) is 31.5 Å². The summed E-state index contributed by atoms with van der Waals surface area (Å²) in [6, 6.07) is 6.25. The zero-order chi connectivity index (χ0) is 10.8. The molecule has 0 aromatic heterocycles. The number of hydrogen-bond donors (Lipinski definition) is 1. The second kappa shape index (κ2) is 4.11. The van der Waals surface area contributed by atoms with Crippen LogP contribution in [0.3, 0.4) is 0 Å². The summed E-state index contributed by atoms with van der Waals surface area (Å²) in [5.41, 5.74) is 9.11. The number of rotatable bonds is 1. The van der Waals surface area contributed by atoms with E-state index in [0.717, 1.165) is 30.9 Å². The van der Waals surface area contributed by atoms with Gasteiger partial charge >= 0.3 is 0 Å². The second-order valence-electron chi connectivity index (χ2n) is 4.17. The second-order valence-corrected chi connectivity index (χ2v) is 4.17. The van der Waals surface area contributed by atoms with Crippen LogP contribution in [0.2, 0.25) is 0 Å². The molecule has 1 heterocycles. The van der Waals surface area contributed by atoms with Crippen LogP contribution in [0.5, 0.6) is 0 Å². The molecule has 0 bridgehead atoms. The lowest BCUT2D eigenvalue weighted by atomic mass is 10.1. The van der Waals surface area contributed by atoms with Gasteiger partial charge in [0.2, 0.25) is 0 Å². The van der Waals surface area contributed by atoms with Gasteiger partial charge in [0, 0.05) is 24.5 Å². The van der Waals surface area contributed by atoms with Crippen molar-refractivity contribution >= 4 is 11.4 Å². The molecular weight excluding hydrogens is 188 g/mol. The van der Waals surface area contributed by atoms with E-state index < -0.39 is 0 Å². The topological polar surface area (TPSA) is 38.5 Å². The summed E-state index contributed by atoms with van der Waals surface area (Å²) >= 11 is 0. The Kier molecular flexibility index (Phi) is 2.82. The van der Waals surface area contributed by atoms with E-state index in [2.05, 4.69) is 24.0 Å². The third kappa shape index (κ3) is 2.23. The number of benzene rings is 1. The van der Waals surface area contributed by atoms with Crippen molar-refractivity contribution in [1.82, 2.24) is 0 Å². The van der Waals surface area contributed by atoms with Gasteiger partial charge in [-0.1, -0.05) is 6.07 Å². The smallest absolute Gasteiger partial charge is 0.0722 e. The van der Waals surface area contributed by atoms with Crippen molar-refractivity contribution in [3.05, 3.63) is 23.8 Å². The molecule has 2 rings (SSSR count). The molecule has 2 N–H and O–H groups in total. The number of nitrogen functional groups attached to an aromatic ring is 1. The summed E-state index contributed by atoms with van der Waals surface area (Å²) in [6.45, 7) is 6.83. The van der Waals surface area contributed by atoms with Crippen LogP contribution in [0.4, 0.5) is 11.4 Å². The first kappa shape index (κ1) is 10.3. The molecule has 0 spiro atoms. The summed E-state index contributed by atoms with van der Waals surface area (Å²) in [5, 5.41) is 0. The SMILES string of the molecule is Cc1ccc(N2CCOC(C)C2)cc1N. The Morgan fingerprint density at radius 2 is 2.27 bits per heavy atom. The van der Waals surface area contributed by atoms with E-state index in [1.54, 1.807) is 0 Å². The van der Waals surface area contributed by atoms with Gasteiger partial charge in [0.05, 0.1) is 12.7 Å². The Morgan fingerprint density at radius 3 is 2.93 bits per heavy atom. The molecule has 1 aliphatic heterocycles. The average molecular weight is 206 g/mol. The van der Waals surface area contributed by atoms with E-state index in [4.69, 9.17) is 10.5 Å². The number of aryl methyl sites for hydroxylation is 1. The highest BCUT2D eigenvalue weighted by molar-refractivity contribution is 5.59. The van der Waals surface area contributed by atoms with Crippen LogP contribution >= 0.6 is 0 Å². The van der Waals surface area contributed by atoms with Crippen LogP contribution in [0.1, 0.15) is 12.5 Å². The highest BCUT2D eigenvalue weighted by Gasteiger charge is 2.16. The Labute approximate surface area is 90.8 Å². The quantitative estimate of drug-likeness (QED) is 0.712. The summed E-state index contributed by atoms with van der Waals surface area (Å²) < 4.78 is 5.51. The lowest BCUT2D eigenvalue weighted by molar-refractivity contribution is 0.0532. The maximum Gasteiger partial charge on any atom is 0.0722 e. The van der Waals surface area contributed by atoms with Crippen molar-refractivity contribution in [1.29, 1.82) is 0 Å². The molecule has 0 amide bonds. The van der Waals surface area contributed by atoms with E-state index in [0.29, 0.717) is 6.10 Å². The van der Waals surface area contributed by atoms with Crippen LogP contribution in [-0.4, -0.2) is 25.8 Å². The molecule has 1 aromatic carbocycles. The monoisotopic (exact) mass is 206 g/mol. The molecule has 15 heavy (non-hydrogen) atoms. The first-order valence-electron chi connectivity index (χ1n) is 5.39. The van der Waals surface area contributed by atoms with Crippen LogP contribution in [0, 0.1) is 6.92 Å². The molecule has 1 fully saturated rings. The summed E-state index contributed by atoms with van der Waals surface area (Å²) in [5.74, 6) is 0. The maximum atomic E-state index is 5.90. The predicted octanol–water partition coefficient (Wildman–Crippen LogP) is 1.80. The van der Waals surface area contributed by atoms with E-state index in [1.807, 2.05) is 13.0 Å². The molecular formula is C12H18N2O. The van der Waals surface area contributed by atoms with Gasteiger partial charge in [-0.2, -0.15) is 0 Å². The predicted molar refractivity (Wildman–Crippen MR) is 63.2 cm³/mol. The summed E-state index contributed by atoms with van der Waals surface area (Å²) in [7, 11) is 0. The third-order valence-electron chi connectivity index (χ3n) is 2.87. The van der Waals surface area contributed by atoms with Crippen LogP contribution in [0.15, 0.2) is 18.2 Å². The van der Waals surface area contributed by atoms with Crippen LogP contribution < -0.4 is 10.6 Å². The molecule has 82 valence electrons. The minimum absolute atomic E-state index is 0.307.